The Hall–Kier alpha value is -1.54. The molecule has 2 aromatic rings. The molecule has 2 heteroatoms. The first-order valence-electron chi connectivity index (χ1n) is 6.07. The van der Waals surface area contributed by atoms with Crippen molar-refractivity contribution >= 4 is 16.8 Å². The van der Waals surface area contributed by atoms with Crippen LogP contribution in [0.4, 0.5) is 0 Å². The predicted octanol–water partition coefficient (Wildman–Crippen LogP) is 4.13. The van der Waals surface area contributed by atoms with Gasteiger partial charge in [0.2, 0.25) is 0 Å². The SMILES string of the molecule is [CH]1CSC(C(c2ccccc2)c2ccccc2)=N1. The van der Waals surface area contributed by atoms with Crippen molar-refractivity contribution in [1.82, 2.24) is 0 Å². The topological polar surface area (TPSA) is 12.4 Å². The van der Waals surface area contributed by atoms with Crippen LogP contribution in [0.1, 0.15) is 17.0 Å². The summed E-state index contributed by atoms with van der Waals surface area (Å²) in [6.45, 7) is 2.00. The zero-order valence-electron chi connectivity index (χ0n) is 9.99. The van der Waals surface area contributed by atoms with Crippen LogP contribution >= 0.6 is 11.8 Å². The van der Waals surface area contributed by atoms with Crippen molar-refractivity contribution in [2.75, 3.05) is 5.75 Å². The molecule has 0 spiro atoms. The molecule has 1 heterocycles. The second kappa shape index (κ2) is 5.40. The number of nitrogens with zero attached hydrogens (tertiary/aromatic N) is 1. The molecule has 0 saturated heterocycles. The fourth-order valence-corrected chi connectivity index (χ4v) is 3.12. The fraction of sp³-hybridized carbons (Fsp3) is 0.125. The minimum Gasteiger partial charge on any atom is -0.275 e. The summed E-state index contributed by atoms with van der Waals surface area (Å²) in [7, 11) is 0. The lowest BCUT2D eigenvalue weighted by Gasteiger charge is -2.17. The Balaban J connectivity index is 2.04. The lowest BCUT2D eigenvalue weighted by atomic mass is 9.92. The Morgan fingerprint density at radius 1 is 0.833 bits per heavy atom. The number of rotatable bonds is 3. The molecular weight excluding hydrogens is 238 g/mol. The van der Waals surface area contributed by atoms with Crippen LogP contribution in [-0.2, 0) is 0 Å². The summed E-state index contributed by atoms with van der Waals surface area (Å²) in [5.41, 5.74) is 2.62. The van der Waals surface area contributed by atoms with Crippen molar-refractivity contribution in [3.8, 4) is 0 Å². The van der Waals surface area contributed by atoms with Crippen molar-refractivity contribution in [3.05, 3.63) is 78.3 Å². The van der Waals surface area contributed by atoms with Crippen LogP contribution in [0.3, 0.4) is 0 Å². The van der Waals surface area contributed by atoms with Gasteiger partial charge in [0.1, 0.15) is 0 Å². The summed E-state index contributed by atoms with van der Waals surface area (Å²) >= 11 is 1.83. The molecule has 18 heavy (non-hydrogen) atoms. The highest BCUT2D eigenvalue weighted by atomic mass is 32.2. The normalized spacial score (nSPS) is 14.8. The van der Waals surface area contributed by atoms with Gasteiger partial charge in [0.25, 0.3) is 0 Å². The molecule has 89 valence electrons. The monoisotopic (exact) mass is 252 g/mol. The van der Waals surface area contributed by atoms with Gasteiger partial charge < -0.3 is 0 Å². The van der Waals surface area contributed by atoms with Crippen LogP contribution < -0.4 is 0 Å². The fourth-order valence-electron chi connectivity index (χ4n) is 2.21. The van der Waals surface area contributed by atoms with Crippen molar-refractivity contribution in [1.29, 1.82) is 0 Å². The zero-order valence-corrected chi connectivity index (χ0v) is 10.8. The van der Waals surface area contributed by atoms with Crippen LogP contribution in [0, 0.1) is 6.54 Å². The molecule has 0 aliphatic carbocycles. The highest BCUT2D eigenvalue weighted by molar-refractivity contribution is 8.14. The maximum atomic E-state index is 4.54. The van der Waals surface area contributed by atoms with E-state index in [1.165, 1.54) is 16.2 Å². The molecule has 0 bridgehead atoms. The van der Waals surface area contributed by atoms with E-state index in [-0.39, 0.29) is 5.92 Å². The molecule has 0 saturated carbocycles. The van der Waals surface area contributed by atoms with Crippen LogP contribution in [0.15, 0.2) is 65.7 Å². The van der Waals surface area contributed by atoms with E-state index in [2.05, 4.69) is 65.7 Å². The molecule has 1 nitrogen and oxygen atoms in total. The summed E-state index contributed by atoms with van der Waals surface area (Å²) in [6, 6.07) is 21.2. The largest absolute Gasteiger partial charge is 0.275 e. The third-order valence-corrected chi connectivity index (χ3v) is 3.99. The second-order valence-electron chi connectivity index (χ2n) is 4.22. The Bertz CT molecular complexity index is 494. The number of thioether (sulfide) groups is 1. The van der Waals surface area contributed by atoms with Gasteiger partial charge in [0, 0.05) is 5.75 Å². The van der Waals surface area contributed by atoms with E-state index in [0.717, 1.165) is 5.75 Å². The van der Waals surface area contributed by atoms with Gasteiger partial charge in [0.05, 0.1) is 17.5 Å². The molecule has 0 amide bonds. The Labute approximate surface area is 112 Å². The Morgan fingerprint density at radius 2 is 1.39 bits per heavy atom. The lowest BCUT2D eigenvalue weighted by molar-refractivity contribution is 1.09. The highest BCUT2D eigenvalue weighted by Gasteiger charge is 2.23. The standard InChI is InChI=1S/C16H14NS/c1-3-7-13(8-4-1)15(16-17-11-12-18-16)14-9-5-2-6-10-14/h1-11,15H,12H2. The highest BCUT2D eigenvalue weighted by Crippen LogP contribution is 2.33. The van der Waals surface area contributed by atoms with Crippen molar-refractivity contribution < 1.29 is 0 Å². The third kappa shape index (κ3) is 2.34. The summed E-state index contributed by atoms with van der Waals surface area (Å²) < 4.78 is 0. The van der Waals surface area contributed by atoms with Crippen LogP contribution in [-0.4, -0.2) is 10.8 Å². The van der Waals surface area contributed by atoms with Gasteiger partial charge in [-0.3, -0.25) is 4.99 Å². The quantitative estimate of drug-likeness (QED) is 0.800. The van der Waals surface area contributed by atoms with Crippen LogP contribution in [0.2, 0.25) is 0 Å². The zero-order chi connectivity index (χ0) is 12.2. The Morgan fingerprint density at radius 3 is 1.83 bits per heavy atom. The van der Waals surface area contributed by atoms with Gasteiger partial charge in [0.15, 0.2) is 0 Å². The predicted molar refractivity (Wildman–Crippen MR) is 78.9 cm³/mol. The van der Waals surface area contributed by atoms with Crippen molar-refractivity contribution in [3.63, 3.8) is 0 Å². The molecule has 0 aromatic heterocycles. The van der Waals surface area contributed by atoms with Crippen molar-refractivity contribution in [2.24, 2.45) is 4.99 Å². The maximum absolute atomic E-state index is 4.54. The summed E-state index contributed by atoms with van der Waals surface area (Å²) in [5, 5.41) is 1.20. The van der Waals surface area contributed by atoms with Gasteiger partial charge in [-0.15, -0.1) is 11.8 Å². The molecule has 0 unspecified atom stereocenters. The first kappa shape index (κ1) is 11.5. The van der Waals surface area contributed by atoms with Gasteiger partial charge >= 0.3 is 0 Å². The second-order valence-corrected chi connectivity index (χ2v) is 5.26. The first-order valence-corrected chi connectivity index (χ1v) is 7.06. The van der Waals surface area contributed by atoms with Crippen molar-refractivity contribution in [2.45, 2.75) is 5.92 Å². The minimum absolute atomic E-state index is 0.274. The van der Waals surface area contributed by atoms with E-state index >= 15 is 0 Å². The van der Waals surface area contributed by atoms with E-state index in [1.807, 2.05) is 18.3 Å². The average molecular weight is 252 g/mol. The van der Waals surface area contributed by atoms with E-state index < -0.39 is 0 Å². The molecule has 0 fully saturated rings. The molecule has 1 aliphatic rings. The molecule has 3 rings (SSSR count). The average Bonchev–Trinajstić information content (AvgIpc) is 2.95. The summed E-state index contributed by atoms with van der Waals surface area (Å²) in [4.78, 5) is 4.54. The molecule has 2 aromatic carbocycles. The number of aliphatic imine (C=N–C) groups is 1. The summed E-state index contributed by atoms with van der Waals surface area (Å²) in [5.74, 6) is 1.27. The van der Waals surface area contributed by atoms with E-state index in [4.69, 9.17) is 0 Å². The first-order chi connectivity index (χ1) is 8.95. The molecule has 0 atom stereocenters. The minimum atomic E-state index is 0.274. The molecular formula is C16H14NS. The molecule has 0 N–H and O–H groups in total. The number of benzene rings is 2. The smallest absolute Gasteiger partial charge is 0.0835 e. The number of hydrogen-bond acceptors (Lipinski definition) is 2. The van der Waals surface area contributed by atoms with Gasteiger partial charge in [-0.1, -0.05) is 60.7 Å². The van der Waals surface area contributed by atoms with E-state index in [9.17, 15) is 0 Å². The third-order valence-electron chi connectivity index (χ3n) is 3.04. The van der Waals surface area contributed by atoms with Crippen LogP contribution in [0.25, 0.3) is 0 Å². The summed E-state index contributed by atoms with van der Waals surface area (Å²) in [6.07, 6.45) is 0. The number of hydrogen-bond donors (Lipinski definition) is 0. The van der Waals surface area contributed by atoms with Gasteiger partial charge in [-0.2, -0.15) is 0 Å². The molecule has 1 aliphatic heterocycles. The van der Waals surface area contributed by atoms with Gasteiger partial charge in [-0.05, 0) is 11.1 Å². The Kier molecular flexibility index (Phi) is 3.47. The molecule has 1 radical (unpaired) electrons. The van der Waals surface area contributed by atoms with Gasteiger partial charge in [-0.25, -0.2) is 0 Å². The lowest BCUT2D eigenvalue weighted by Crippen LogP contribution is -2.09. The van der Waals surface area contributed by atoms with E-state index in [1.54, 1.807) is 0 Å². The maximum Gasteiger partial charge on any atom is 0.0835 e. The van der Waals surface area contributed by atoms with E-state index in [0.29, 0.717) is 0 Å². The van der Waals surface area contributed by atoms with Crippen LogP contribution in [0.5, 0.6) is 0 Å².